The van der Waals surface area contributed by atoms with E-state index in [0.717, 1.165) is 16.1 Å². The van der Waals surface area contributed by atoms with Crippen LogP contribution in [0.2, 0.25) is 0 Å². The van der Waals surface area contributed by atoms with Crippen molar-refractivity contribution in [3.05, 3.63) is 41.6 Å². The predicted octanol–water partition coefficient (Wildman–Crippen LogP) is 3.00. The second-order valence-electron chi connectivity index (χ2n) is 8.06. The molecule has 1 unspecified atom stereocenters. The summed E-state index contributed by atoms with van der Waals surface area (Å²) >= 11 is 1.39. The lowest BCUT2D eigenvalue weighted by Gasteiger charge is -2.30. The van der Waals surface area contributed by atoms with Crippen molar-refractivity contribution >= 4 is 38.4 Å². The lowest BCUT2D eigenvalue weighted by Crippen LogP contribution is -2.36. The Labute approximate surface area is 195 Å². The summed E-state index contributed by atoms with van der Waals surface area (Å²) in [6, 6.07) is 7.30. The quantitative estimate of drug-likeness (QED) is 0.586. The number of piperidine rings is 1. The lowest BCUT2D eigenvalue weighted by atomic mass is 10.1. The van der Waals surface area contributed by atoms with Crippen LogP contribution < -0.4 is 15.0 Å². The monoisotopic (exact) mass is 470 g/mol. The van der Waals surface area contributed by atoms with Crippen LogP contribution in [0.15, 0.2) is 30.5 Å². The van der Waals surface area contributed by atoms with E-state index in [-0.39, 0.29) is 18.1 Å². The molecule has 1 amide bonds. The highest BCUT2D eigenvalue weighted by Crippen LogP contribution is 2.39. The van der Waals surface area contributed by atoms with E-state index in [0.29, 0.717) is 67.7 Å². The van der Waals surface area contributed by atoms with Gasteiger partial charge in [-0.2, -0.15) is 0 Å². The van der Waals surface area contributed by atoms with Crippen LogP contribution in [-0.4, -0.2) is 67.1 Å². The first-order chi connectivity index (χ1) is 16.1. The Morgan fingerprint density at radius 2 is 2.12 bits per heavy atom. The number of hydrogen-bond acceptors (Lipinski definition) is 9. The van der Waals surface area contributed by atoms with Crippen LogP contribution in [0.5, 0.6) is 5.75 Å². The number of rotatable bonds is 5. The number of pyridine rings is 1. The number of carbonyl (C=O) groups excluding carboxylic acids is 1. The highest BCUT2D eigenvalue weighted by molar-refractivity contribution is 7.22. The van der Waals surface area contributed by atoms with Crippen LogP contribution in [0.4, 0.5) is 10.9 Å². The molecule has 2 fully saturated rings. The third-order valence-corrected chi connectivity index (χ3v) is 6.96. The molecule has 10 heteroatoms. The number of nitrogens with one attached hydrogen (secondary N) is 1. The fourth-order valence-electron chi connectivity index (χ4n) is 4.14. The van der Waals surface area contributed by atoms with E-state index in [1.807, 2.05) is 12.1 Å². The topological polar surface area (TPSA) is 106 Å². The summed E-state index contributed by atoms with van der Waals surface area (Å²) in [5, 5.41) is 13.1. The summed E-state index contributed by atoms with van der Waals surface area (Å²) in [7, 11) is 1.60. The van der Waals surface area contributed by atoms with Gasteiger partial charge in [0.2, 0.25) is 0 Å². The Morgan fingerprint density at radius 3 is 2.88 bits per heavy atom. The van der Waals surface area contributed by atoms with Gasteiger partial charge in [-0.25, -0.2) is 9.97 Å². The summed E-state index contributed by atoms with van der Waals surface area (Å²) in [6.45, 7) is 3.04. The minimum Gasteiger partial charge on any atom is -0.494 e. The summed E-state index contributed by atoms with van der Waals surface area (Å²) < 4.78 is 17.8. The molecule has 1 atom stereocenters. The van der Waals surface area contributed by atoms with Crippen molar-refractivity contribution in [2.24, 2.45) is 0 Å². The molecule has 2 aromatic heterocycles. The number of ether oxygens (including phenoxy) is 3. The average molecular weight is 471 g/mol. The molecule has 2 N–H and O–H groups in total. The van der Waals surface area contributed by atoms with Crippen LogP contribution in [0.25, 0.3) is 10.2 Å². The molecule has 5 rings (SSSR count). The van der Waals surface area contributed by atoms with Crippen molar-refractivity contribution in [1.29, 1.82) is 0 Å². The van der Waals surface area contributed by atoms with Crippen LogP contribution in [0.1, 0.15) is 34.9 Å². The number of aliphatic hydroxyl groups is 1. The van der Waals surface area contributed by atoms with Gasteiger partial charge in [-0.3, -0.25) is 10.1 Å². The number of aliphatic hydroxyl groups excluding tert-OH is 1. The number of methoxy groups -OCH3 is 1. The number of anilines is 2. The molecular weight excluding hydrogens is 444 g/mol. The van der Waals surface area contributed by atoms with E-state index in [1.54, 1.807) is 25.4 Å². The van der Waals surface area contributed by atoms with E-state index in [4.69, 9.17) is 14.2 Å². The van der Waals surface area contributed by atoms with Gasteiger partial charge in [-0.15, -0.1) is 0 Å². The second-order valence-corrected chi connectivity index (χ2v) is 9.06. The Hall–Kier alpha value is -2.79. The van der Waals surface area contributed by atoms with E-state index < -0.39 is 0 Å². The normalized spacial score (nSPS) is 19.6. The number of benzene rings is 1. The Kier molecular flexibility index (Phi) is 6.41. The van der Waals surface area contributed by atoms with E-state index in [2.05, 4.69) is 20.2 Å². The first kappa shape index (κ1) is 22.0. The van der Waals surface area contributed by atoms with Crippen molar-refractivity contribution in [1.82, 2.24) is 9.97 Å². The number of fused-ring (bicyclic) bond motifs is 1. The van der Waals surface area contributed by atoms with Gasteiger partial charge in [-0.05, 0) is 31.0 Å². The molecule has 174 valence electrons. The smallest absolute Gasteiger partial charge is 0.257 e. The van der Waals surface area contributed by atoms with E-state index in [1.165, 1.54) is 11.3 Å². The molecule has 0 bridgehead atoms. The van der Waals surface area contributed by atoms with Crippen molar-refractivity contribution in [3.8, 4) is 5.75 Å². The third-order valence-electron chi connectivity index (χ3n) is 5.94. The lowest BCUT2D eigenvalue weighted by molar-refractivity contribution is -0.0895. The first-order valence-electron chi connectivity index (χ1n) is 11.0. The maximum Gasteiger partial charge on any atom is 0.257 e. The second kappa shape index (κ2) is 9.60. The van der Waals surface area contributed by atoms with Gasteiger partial charge in [0.15, 0.2) is 5.13 Å². The number of thiazole rings is 1. The molecular formula is C23H26N4O5S. The van der Waals surface area contributed by atoms with Crippen LogP contribution in [0.3, 0.4) is 0 Å². The molecule has 2 aliphatic rings. The fourth-order valence-corrected chi connectivity index (χ4v) is 5.17. The fraction of sp³-hybridized carbons (Fsp3) is 0.435. The van der Waals surface area contributed by atoms with Gasteiger partial charge in [0, 0.05) is 30.4 Å². The number of amides is 1. The Balaban J connectivity index is 1.39. The Bertz CT molecular complexity index is 1140. The van der Waals surface area contributed by atoms with Gasteiger partial charge in [0.25, 0.3) is 5.91 Å². The van der Waals surface area contributed by atoms with E-state index in [9.17, 15) is 9.90 Å². The highest BCUT2D eigenvalue weighted by atomic mass is 32.1. The molecule has 1 aromatic carbocycles. The molecule has 0 saturated carbocycles. The van der Waals surface area contributed by atoms with Crippen molar-refractivity contribution in [3.63, 3.8) is 0 Å². The maximum atomic E-state index is 13.0. The zero-order chi connectivity index (χ0) is 22.8. The largest absolute Gasteiger partial charge is 0.494 e. The summed E-state index contributed by atoms with van der Waals surface area (Å²) in [6.07, 6.45) is 2.59. The van der Waals surface area contributed by atoms with Gasteiger partial charge in [0.05, 0.1) is 37.7 Å². The maximum absolute atomic E-state index is 13.0. The molecule has 9 nitrogen and oxygen atoms in total. The van der Waals surface area contributed by atoms with Crippen LogP contribution in [0, 0.1) is 0 Å². The number of nitrogens with zero attached hydrogens (tertiary/aromatic N) is 3. The molecule has 0 spiro atoms. The van der Waals surface area contributed by atoms with Gasteiger partial charge < -0.3 is 24.2 Å². The highest BCUT2D eigenvalue weighted by Gasteiger charge is 2.24. The first-order valence-corrected chi connectivity index (χ1v) is 11.8. The van der Waals surface area contributed by atoms with E-state index >= 15 is 0 Å². The molecule has 33 heavy (non-hydrogen) atoms. The predicted molar refractivity (Wildman–Crippen MR) is 125 cm³/mol. The third kappa shape index (κ3) is 4.65. The molecule has 2 saturated heterocycles. The zero-order valence-corrected chi connectivity index (χ0v) is 19.1. The number of aromatic nitrogens is 2. The molecule has 2 aliphatic heterocycles. The molecule has 4 heterocycles. The molecule has 0 aliphatic carbocycles. The van der Waals surface area contributed by atoms with Gasteiger partial charge >= 0.3 is 0 Å². The minimum absolute atomic E-state index is 0.179. The SMILES string of the molecule is COc1ccc(C2COCCO2)c2sc(NC(=O)c3ccnc(N4CCC(O)CC4)c3)nc12. The zero-order valence-electron chi connectivity index (χ0n) is 18.3. The minimum atomic E-state index is -0.265. The Morgan fingerprint density at radius 1 is 1.27 bits per heavy atom. The van der Waals surface area contributed by atoms with Crippen LogP contribution in [-0.2, 0) is 9.47 Å². The molecule has 0 radical (unpaired) electrons. The van der Waals surface area contributed by atoms with Crippen molar-refractivity contribution < 1.29 is 24.1 Å². The molecule has 3 aromatic rings. The standard InChI is InChI=1S/C23H26N4O5S/c1-30-17-3-2-16(18-13-31-10-11-32-18)21-20(17)25-23(33-21)26-22(29)14-4-7-24-19(12-14)27-8-5-15(28)6-9-27/h2-4,7,12,15,18,28H,5-6,8-11,13H2,1H3,(H,25,26,29). The van der Waals surface area contributed by atoms with Gasteiger partial charge in [-0.1, -0.05) is 17.4 Å². The number of hydrogen-bond donors (Lipinski definition) is 2. The van der Waals surface area contributed by atoms with Crippen LogP contribution >= 0.6 is 11.3 Å². The van der Waals surface area contributed by atoms with Crippen molar-refractivity contribution in [2.75, 3.05) is 50.2 Å². The van der Waals surface area contributed by atoms with Crippen molar-refractivity contribution in [2.45, 2.75) is 25.0 Å². The summed E-state index contributed by atoms with van der Waals surface area (Å²) in [4.78, 5) is 24.1. The average Bonchev–Trinajstić information content (AvgIpc) is 3.28. The summed E-state index contributed by atoms with van der Waals surface area (Å²) in [5.41, 5.74) is 2.16. The van der Waals surface area contributed by atoms with Gasteiger partial charge in [0.1, 0.15) is 23.2 Å². The summed E-state index contributed by atoms with van der Waals surface area (Å²) in [5.74, 6) is 1.12. The number of carbonyl (C=O) groups is 1.